The van der Waals surface area contributed by atoms with Crippen LogP contribution < -0.4 is 11.5 Å². The quantitative estimate of drug-likeness (QED) is 0.614. The maximum Gasteiger partial charge on any atom is 0.0832 e. The van der Waals surface area contributed by atoms with Crippen LogP contribution in [-0.4, -0.2) is 16.7 Å². The Labute approximate surface area is 85.5 Å². The fourth-order valence-electron chi connectivity index (χ4n) is 1.70. The number of hydrogen-bond donors (Lipinski definition) is 3. The standard InChI is InChI=1S/C11H20N2O/c1-4-11(3,13)9-6-8(12)5-7(2)10(9)14/h5-7,10,14H,4,12-13H2,1-3H3. The molecule has 3 nitrogen and oxygen atoms in total. The lowest BCUT2D eigenvalue weighted by molar-refractivity contribution is 0.153. The highest BCUT2D eigenvalue weighted by Crippen LogP contribution is 2.29. The van der Waals surface area contributed by atoms with E-state index >= 15 is 0 Å². The van der Waals surface area contributed by atoms with E-state index in [4.69, 9.17) is 11.5 Å². The Bertz CT molecular complexity index is 279. The van der Waals surface area contributed by atoms with Crippen LogP contribution in [0.3, 0.4) is 0 Å². The minimum atomic E-state index is -0.503. The summed E-state index contributed by atoms with van der Waals surface area (Å²) in [6.07, 6.45) is 3.95. The molecule has 0 aliphatic heterocycles. The lowest BCUT2D eigenvalue weighted by Crippen LogP contribution is -2.44. The normalized spacial score (nSPS) is 31.8. The van der Waals surface area contributed by atoms with Crippen molar-refractivity contribution in [3.05, 3.63) is 23.4 Å². The molecule has 0 fully saturated rings. The van der Waals surface area contributed by atoms with Gasteiger partial charge in [-0.2, -0.15) is 0 Å². The van der Waals surface area contributed by atoms with Crippen molar-refractivity contribution in [3.63, 3.8) is 0 Å². The molecule has 1 aliphatic carbocycles. The van der Waals surface area contributed by atoms with E-state index in [2.05, 4.69) is 0 Å². The lowest BCUT2D eigenvalue weighted by atomic mass is 9.79. The molecule has 0 saturated heterocycles. The van der Waals surface area contributed by atoms with Gasteiger partial charge >= 0.3 is 0 Å². The predicted molar refractivity (Wildman–Crippen MR) is 58.4 cm³/mol. The largest absolute Gasteiger partial charge is 0.399 e. The van der Waals surface area contributed by atoms with Crippen LogP contribution in [-0.2, 0) is 0 Å². The number of aliphatic hydroxyl groups excluding tert-OH is 1. The summed E-state index contributed by atoms with van der Waals surface area (Å²) in [6, 6.07) is 0. The van der Waals surface area contributed by atoms with Gasteiger partial charge in [0.05, 0.1) is 6.10 Å². The van der Waals surface area contributed by atoms with Crippen LogP contribution in [0, 0.1) is 5.92 Å². The van der Waals surface area contributed by atoms with Crippen molar-refractivity contribution in [1.82, 2.24) is 0 Å². The van der Waals surface area contributed by atoms with Gasteiger partial charge in [-0.3, -0.25) is 0 Å². The van der Waals surface area contributed by atoms with Crippen molar-refractivity contribution in [1.29, 1.82) is 0 Å². The second-order valence-electron chi connectivity index (χ2n) is 4.34. The molecule has 0 radical (unpaired) electrons. The van der Waals surface area contributed by atoms with Gasteiger partial charge in [0.1, 0.15) is 0 Å². The van der Waals surface area contributed by atoms with E-state index in [1.807, 2.05) is 26.8 Å². The summed E-state index contributed by atoms with van der Waals surface area (Å²) in [5.41, 5.74) is 12.9. The van der Waals surface area contributed by atoms with E-state index in [0.29, 0.717) is 5.70 Å². The first-order valence-corrected chi connectivity index (χ1v) is 5.04. The van der Waals surface area contributed by atoms with Crippen molar-refractivity contribution in [2.24, 2.45) is 17.4 Å². The maximum atomic E-state index is 9.97. The summed E-state index contributed by atoms with van der Waals surface area (Å²) >= 11 is 0. The van der Waals surface area contributed by atoms with E-state index in [1.54, 1.807) is 6.08 Å². The summed E-state index contributed by atoms with van der Waals surface area (Å²) < 4.78 is 0. The molecule has 1 rings (SSSR count). The molecule has 80 valence electrons. The number of nitrogens with two attached hydrogens (primary N) is 2. The molecule has 0 amide bonds. The van der Waals surface area contributed by atoms with Crippen molar-refractivity contribution in [3.8, 4) is 0 Å². The van der Waals surface area contributed by atoms with Crippen molar-refractivity contribution >= 4 is 0 Å². The molecule has 0 bridgehead atoms. The Kier molecular flexibility index (Phi) is 3.02. The first-order valence-electron chi connectivity index (χ1n) is 5.04. The summed E-state index contributed by atoms with van der Waals surface area (Å²) in [5, 5.41) is 9.97. The van der Waals surface area contributed by atoms with Crippen LogP contribution in [0.2, 0.25) is 0 Å². The maximum absolute atomic E-state index is 9.97. The Balaban J connectivity index is 3.03. The summed E-state index contributed by atoms with van der Waals surface area (Å²) in [4.78, 5) is 0. The number of hydrogen-bond acceptors (Lipinski definition) is 3. The Hall–Kier alpha value is -0.800. The molecule has 0 aromatic carbocycles. The van der Waals surface area contributed by atoms with E-state index < -0.39 is 11.6 Å². The van der Waals surface area contributed by atoms with Crippen LogP contribution in [0.1, 0.15) is 27.2 Å². The molecule has 3 unspecified atom stereocenters. The molecular formula is C11H20N2O. The SMILES string of the molecule is CCC(C)(N)C1=CC(N)=CC(C)C1O. The van der Waals surface area contributed by atoms with E-state index in [-0.39, 0.29) is 5.92 Å². The minimum Gasteiger partial charge on any atom is -0.399 e. The second kappa shape index (κ2) is 3.75. The molecule has 1 aliphatic rings. The topological polar surface area (TPSA) is 72.3 Å². The Morgan fingerprint density at radius 3 is 2.64 bits per heavy atom. The molecule has 3 heteroatoms. The molecule has 14 heavy (non-hydrogen) atoms. The highest BCUT2D eigenvalue weighted by atomic mass is 16.3. The molecule has 0 aromatic heterocycles. The van der Waals surface area contributed by atoms with Crippen LogP contribution in [0.4, 0.5) is 0 Å². The molecule has 5 N–H and O–H groups in total. The van der Waals surface area contributed by atoms with Gasteiger partial charge in [0.15, 0.2) is 0 Å². The predicted octanol–water partition coefficient (Wildman–Crippen LogP) is 0.893. The summed E-state index contributed by atoms with van der Waals surface area (Å²) in [6.45, 7) is 5.87. The van der Waals surface area contributed by atoms with E-state index in [1.165, 1.54) is 0 Å². The van der Waals surface area contributed by atoms with E-state index in [9.17, 15) is 5.11 Å². The molecule has 0 saturated carbocycles. The third-order valence-corrected chi connectivity index (χ3v) is 2.99. The highest BCUT2D eigenvalue weighted by Gasteiger charge is 2.31. The summed E-state index contributed by atoms with van der Waals surface area (Å²) in [5.74, 6) is 0.0458. The minimum absolute atomic E-state index is 0.0458. The lowest BCUT2D eigenvalue weighted by Gasteiger charge is -2.34. The van der Waals surface area contributed by atoms with Gasteiger partial charge in [-0.1, -0.05) is 19.9 Å². The molecule has 3 atom stereocenters. The Morgan fingerprint density at radius 2 is 2.14 bits per heavy atom. The molecule has 0 spiro atoms. The fraction of sp³-hybridized carbons (Fsp3) is 0.636. The zero-order valence-corrected chi connectivity index (χ0v) is 9.12. The third-order valence-electron chi connectivity index (χ3n) is 2.99. The van der Waals surface area contributed by atoms with Gasteiger partial charge in [0.2, 0.25) is 0 Å². The third kappa shape index (κ3) is 1.99. The monoisotopic (exact) mass is 196 g/mol. The van der Waals surface area contributed by atoms with Gasteiger partial charge in [0, 0.05) is 17.2 Å². The van der Waals surface area contributed by atoms with Gasteiger partial charge < -0.3 is 16.6 Å². The summed E-state index contributed by atoms with van der Waals surface area (Å²) in [7, 11) is 0. The first-order chi connectivity index (χ1) is 6.38. The van der Waals surface area contributed by atoms with E-state index in [0.717, 1.165) is 12.0 Å². The van der Waals surface area contributed by atoms with Crippen LogP contribution in [0.5, 0.6) is 0 Å². The number of allylic oxidation sites excluding steroid dienone is 1. The van der Waals surface area contributed by atoms with Gasteiger partial charge in [0.25, 0.3) is 0 Å². The number of aliphatic hydroxyl groups is 1. The molecular weight excluding hydrogens is 176 g/mol. The van der Waals surface area contributed by atoms with Crippen molar-refractivity contribution < 1.29 is 5.11 Å². The molecule has 0 aromatic rings. The van der Waals surface area contributed by atoms with Crippen molar-refractivity contribution in [2.75, 3.05) is 0 Å². The van der Waals surface area contributed by atoms with Crippen LogP contribution >= 0.6 is 0 Å². The van der Waals surface area contributed by atoms with Crippen LogP contribution in [0.15, 0.2) is 23.4 Å². The molecule has 0 heterocycles. The average molecular weight is 196 g/mol. The average Bonchev–Trinajstić information content (AvgIpc) is 2.11. The smallest absolute Gasteiger partial charge is 0.0832 e. The zero-order valence-electron chi connectivity index (χ0n) is 9.12. The fourth-order valence-corrected chi connectivity index (χ4v) is 1.70. The van der Waals surface area contributed by atoms with Crippen LogP contribution in [0.25, 0.3) is 0 Å². The number of rotatable bonds is 2. The Morgan fingerprint density at radius 1 is 1.57 bits per heavy atom. The highest BCUT2D eigenvalue weighted by molar-refractivity contribution is 5.36. The van der Waals surface area contributed by atoms with Gasteiger partial charge in [-0.25, -0.2) is 0 Å². The second-order valence-corrected chi connectivity index (χ2v) is 4.34. The van der Waals surface area contributed by atoms with Crippen molar-refractivity contribution in [2.45, 2.75) is 38.8 Å². The first kappa shape index (κ1) is 11.3. The van der Waals surface area contributed by atoms with Gasteiger partial charge in [-0.05, 0) is 25.0 Å². The zero-order chi connectivity index (χ0) is 10.9. The van der Waals surface area contributed by atoms with Gasteiger partial charge in [-0.15, -0.1) is 0 Å².